The predicted molar refractivity (Wildman–Crippen MR) is 81.0 cm³/mol. The van der Waals surface area contributed by atoms with Crippen molar-refractivity contribution in [2.45, 2.75) is 27.3 Å². The standard InChI is InChI=1S/C13H23N5S/c1-9-10-11(17(6)15-9)18(12(19)14-10)8-13(2,3)7-16(4)5/h7-8H2,1-6H3,(H,14,19). The SMILES string of the molecule is Cc1nn(C)c2c1[nH]c(=S)n2CC(C)(C)CN(C)C. The number of H-pyrrole nitrogens is 1. The van der Waals surface area contributed by atoms with E-state index in [0.717, 1.165) is 34.7 Å². The van der Waals surface area contributed by atoms with Gasteiger partial charge in [-0.1, -0.05) is 13.8 Å². The highest BCUT2D eigenvalue weighted by atomic mass is 32.1. The van der Waals surface area contributed by atoms with Gasteiger partial charge in [-0.3, -0.25) is 4.68 Å². The van der Waals surface area contributed by atoms with Crippen molar-refractivity contribution in [2.75, 3.05) is 20.6 Å². The molecule has 0 aliphatic rings. The molecular weight excluding hydrogens is 258 g/mol. The Labute approximate surface area is 119 Å². The maximum absolute atomic E-state index is 5.46. The van der Waals surface area contributed by atoms with Gasteiger partial charge >= 0.3 is 0 Å². The lowest BCUT2D eigenvalue weighted by molar-refractivity contribution is 0.212. The van der Waals surface area contributed by atoms with Gasteiger partial charge < -0.3 is 14.5 Å². The van der Waals surface area contributed by atoms with Gasteiger partial charge in [0.1, 0.15) is 5.52 Å². The summed E-state index contributed by atoms with van der Waals surface area (Å²) < 4.78 is 4.84. The molecule has 6 heteroatoms. The van der Waals surface area contributed by atoms with Crippen LogP contribution in [0.5, 0.6) is 0 Å². The third-order valence-corrected chi connectivity index (χ3v) is 3.58. The van der Waals surface area contributed by atoms with E-state index in [4.69, 9.17) is 12.2 Å². The van der Waals surface area contributed by atoms with E-state index in [9.17, 15) is 0 Å². The summed E-state index contributed by atoms with van der Waals surface area (Å²) in [5.74, 6) is 0. The van der Waals surface area contributed by atoms with E-state index >= 15 is 0 Å². The molecule has 2 aromatic heterocycles. The molecule has 2 rings (SSSR count). The van der Waals surface area contributed by atoms with Crippen LogP contribution in [0.25, 0.3) is 11.2 Å². The summed E-state index contributed by atoms with van der Waals surface area (Å²) in [5, 5.41) is 4.45. The number of aromatic nitrogens is 4. The lowest BCUT2D eigenvalue weighted by Crippen LogP contribution is -2.32. The lowest BCUT2D eigenvalue weighted by Gasteiger charge is -2.28. The maximum atomic E-state index is 5.46. The van der Waals surface area contributed by atoms with E-state index in [1.54, 1.807) is 0 Å². The fourth-order valence-corrected chi connectivity index (χ4v) is 3.11. The van der Waals surface area contributed by atoms with Crippen LogP contribution in [0.2, 0.25) is 0 Å². The molecule has 0 aromatic carbocycles. The van der Waals surface area contributed by atoms with Crippen LogP contribution in [0, 0.1) is 17.1 Å². The third-order valence-electron chi connectivity index (χ3n) is 3.26. The molecule has 19 heavy (non-hydrogen) atoms. The Morgan fingerprint density at radius 2 is 2.00 bits per heavy atom. The Bertz CT molecular complexity index is 644. The first kappa shape index (κ1) is 14.3. The smallest absolute Gasteiger partial charge is 0.179 e. The highest BCUT2D eigenvalue weighted by molar-refractivity contribution is 7.71. The predicted octanol–water partition coefficient (Wildman–Crippen LogP) is 2.33. The number of imidazole rings is 1. The average molecular weight is 281 g/mol. The quantitative estimate of drug-likeness (QED) is 0.875. The van der Waals surface area contributed by atoms with Gasteiger partial charge in [0.2, 0.25) is 0 Å². The average Bonchev–Trinajstić information content (AvgIpc) is 2.66. The molecule has 0 bridgehead atoms. The number of hydrogen-bond donors (Lipinski definition) is 1. The van der Waals surface area contributed by atoms with Gasteiger partial charge in [-0.25, -0.2) is 0 Å². The van der Waals surface area contributed by atoms with E-state index in [1.807, 2.05) is 18.7 Å². The number of rotatable bonds is 4. The molecule has 0 fully saturated rings. The zero-order valence-electron chi connectivity index (χ0n) is 12.6. The molecule has 0 atom stereocenters. The van der Waals surface area contributed by atoms with Gasteiger partial charge in [-0.05, 0) is 38.7 Å². The Morgan fingerprint density at radius 3 is 2.58 bits per heavy atom. The maximum Gasteiger partial charge on any atom is 0.179 e. The third kappa shape index (κ3) is 2.74. The zero-order valence-corrected chi connectivity index (χ0v) is 13.4. The second-order valence-corrected chi connectivity index (χ2v) is 6.71. The van der Waals surface area contributed by atoms with E-state index in [2.05, 4.69) is 47.5 Å². The van der Waals surface area contributed by atoms with Crippen LogP contribution in [0.4, 0.5) is 0 Å². The molecule has 5 nitrogen and oxygen atoms in total. The van der Waals surface area contributed by atoms with Crippen molar-refractivity contribution in [3.05, 3.63) is 10.5 Å². The molecule has 1 N–H and O–H groups in total. The molecule has 0 saturated heterocycles. The second kappa shape index (κ2) is 4.76. The first-order valence-corrected chi connectivity index (χ1v) is 6.89. The van der Waals surface area contributed by atoms with E-state index in [1.165, 1.54) is 0 Å². The summed E-state index contributed by atoms with van der Waals surface area (Å²) in [4.78, 5) is 5.48. The molecule has 0 radical (unpaired) electrons. The first-order chi connectivity index (χ1) is 8.71. The Hall–Kier alpha value is -1.14. The van der Waals surface area contributed by atoms with Crippen molar-refractivity contribution in [2.24, 2.45) is 12.5 Å². The fraction of sp³-hybridized carbons (Fsp3) is 0.692. The molecule has 0 unspecified atom stereocenters. The number of aromatic amines is 1. The molecule has 2 heterocycles. The first-order valence-electron chi connectivity index (χ1n) is 6.48. The van der Waals surface area contributed by atoms with Crippen molar-refractivity contribution >= 4 is 23.4 Å². The van der Waals surface area contributed by atoms with Crippen molar-refractivity contribution in [3.63, 3.8) is 0 Å². The summed E-state index contributed by atoms with van der Waals surface area (Å²) >= 11 is 5.46. The van der Waals surface area contributed by atoms with Gasteiger partial charge in [0.05, 0.1) is 5.69 Å². The van der Waals surface area contributed by atoms with Crippen molar-refractivity contribution < 1.29 is 0 Å². The van der Waals surface area contributed by atoms with E-state index in [0.29, 0.717) is 0 Å². The summed E-state index contributed by atoms with van der Waals surface area (Å²) in [6.07, 6.45) is 0. The molecule has 2 aromatic rings. The van der Waals surface area contributed by atoms with Crippen molar-refractivity contribution in [1.82, 2.24) is 24.2 Å². The molecule has 0 saturated carbocycles. The summed E-state index contributed by atoms with van der Waals surface area (Å²) in [7, 11) is 6.16. The summed E-state index contributed by atoms with van der Waals surface area (Å²) in [6.45, 7) is 8.41. The number of aryl methyl sites for hydroxylation is 2. The Balaban J connectivity index is 2.46. The zero-order chi connectivity index (χ0) is 14.4. The van der Waals surface area contributed by atoms with Gasteiger partial charge in [0.25, 0.3) is 0 Å². The number of hydrogen-bond acceptors (Lipinski definition) is 3. The largest absolute Gasteiger partial charge is 0.328 e. The lowest BCUT2D eigenvalue weighted by atomic mass is 9.93. The fourth-order valence-electron chi connectivity index (χ4n) is 2.85. The monoisotopic (exact) mass is 281 g/mol. The van der Waals surface area contributed by atoms with Crippen LogP contribution in [-0.4, -0.2) is 44.9 Å². The summed E-state index contributed by atoms with van der Waals surface area (Å²) in [5.41, 5.74) is 3.27. The highest BCUT2D eigenvalue weighted by Gasteiger charge is 2.23. The number of nitrogens with one attached hydrogen (secondary N) is 1. The molecule has 0 aliphatic heterocycles. The van der Waals surface area contributed by atoms with Crippen LogP contribution in [0.1, 0.15) is 19.5 Å². The van der Waals surface area contributed by atoms with Gasteiger partial charge in [-0.2, -0.15) is 5.10 Å². The van der Waals surface area contributed by atoms with E-state index < -0.39 is 0 Å². The minimum atomic E-state index is 0.148. The normalized spacial score (nSPS) is 12.8. The molecular formula is C13H23N5S. The van der Waals surface area contributed by atoms with E-state index in [-0.39, 0.29) is 5.41 Å². The van der Waals surface area contributed by atoms with Gasteiger partial charge in [0, 0.05) is 20.1 Å². The molecule has 0 spiro atoms. The van der Waals surface area contributed by atoms with Gasteiger partial charge in [-0.15, -0.1) is 0 Å². The number of fused-ring (bicyclic) bond motifs is 1. The minimum absolute atomic E-state index is 0.148. The van der Waals surface area contributed by atoms with Crippen molar-refractivity contribution in [1.29, 1.82) is 0 Å². The van der Waals surface area contributed by atoms with Crippen LogP contribution in [0.15, 0.2) is 0 Å². The number of nitrogens with zero attached hydrogens (tertiary/aromatic N) is 4. The Kier molecular flexibility index (Phi) is 3.57. The second-order valence-electron chi connectivity index (χ2n) is 6.33. The molecule has 106 valence electrons. The van der Waals surface area contributed by atoms with Crippen LogP contribution in [-0.2, 0) is 13.6 Å². The summed E-state index contributed by atoms with van der Waals surface area (Å²) in [6, 6.07) is 0. The van der Waals surface area contributed by atoms with Crippen LogP contribution in [0.3, 0.4) is 0 Å². The minimum Gasteiger partial charge on any atom is -0.328 e. The van der Waals surface area contributed by atoms with Crippen LogP contribution < -0.4 is 0 Å². The molecule has 0 amide bonds. The Morgan fingerprint density at radius 1 is 1.37 bits per heavy atom. The van der Waals surface area contributed by atoms with Crippen molar-refractivity contribution in [3.8, 4) is 0 Å². The molecule has 0 aliphatic carbocycles. The van der Waals surface area contributed by atoms with Gasteiger partial charge in [0.15, 0.2) is 10.4 Å². The van der Waals surface area contributed by atoms with Crippen LogP contribution >= 0.6 is 12.2 Å². The highest BCUT2D eigenvalue weighted by Crippen LogP contribution is 2.24. The topological polar surface area (TPSA) is 41.8 Å².